The molecule has 0 saturated heterocycles. The molecular weight excluding hydrogens is 224 g/mol. The Morgan fingerprint density at radius 3 is 3.12 bits per heavy atom. The van der Waals surface area contributed by atoms with Gasteiger partial charge in [-0.3, -0.25) is 9.78 Å². The molecule has 1 saturated carbocycles. The third kappa shape index (κ3) is 1.74. The monoisotopic (exact) mass is 234 g/mol. The number of anilines is 1. The van der Waals surface area contributed by atoms with Crippen LogP contribution in [0.1, 0.15) is 34.9 Å². The van der Waals surface area contributed by atoms with Crippen LogP contribution in [0.25, 0.3) is 0 Å². The summed E-state index contributed by atoms with van der Waals surface area (Å²) in [6.07, 6.45) is 5.46. The standard InChI is InChI=1S/C11H10N2O2S/c14-11(13-9-5-12-6-16-9)8-3-4-15-10(8)7-1-2-7/h3-7H,1-2H2,(H,13,14). The average molecular weight is 234 g/mol. The first-order valence-electron chi connectivity index (χ1n) is 5.12. The molecule has 1 aliphatic rings. The van der Waals surface area contributed by atoms with Crippen LogP contribution in [0.15, 0.2) is 28.5 Å². The summed E-state index contributed by atoms with van der Waals surface area (Å²) in [6.45, 7) is 0. The number of nitrogens with one attached hydrogen (secondary N) is 1. The van der Waals surface area contributed by atoms with Crippen LogP contribution in [0, 0.1) is 0 Å². The second-order valence-corrected chi connectivity index (χ2v) is 4.68. The minimum absolute atomic E-state index is 0.111. The number of rotatable bonds is 3. The van der Waals surface area contributed by atoms with E-state index in [-0.39, 0.29) is 5.91 Å². The van der Waals surface area contributed by atoms with Gasteiger partial charge in [-0.15, -0.1) is 11.3 Å². The second-order valence-electron chi connectivity index (χ2n) is 3.79. The van der Waals surface area contributed by atoms with Gasteiger partial charge in [0.1, 0.15) is 10.8 Å². The highest BCUT2D eigenvalue weighted by Gasteiger charge is 2.31. The Labute approximate surface area is 96.3 Å². The van der Waals surface area contributed by atoms with Crippen molar-refractivity contribution in [3.8, 4) is 0 Å². The van der Waals surface area contributed by atoms with Gasteiger partial charge in [0, 0.05) is 5.92 Å². The Morgan fingerprint density at radius 2 is 2.44 bits per heavy atom. The maximum atomic E-state index is 11.9. The average Bonchev–Trinajstić information content (AvgIpc) is 2.82. The quantitative estimate of drug-likeness (QED) is 0.888. The minimum atomic E-state index is -0.111. The van der Waals surface area contributed by atoms with Gasteiger partial charge in [-0.2, -0.15) is 0 Å². The van der Waals surface area contributed by atoms with E-state index in [9.17, 15) is 4.79 Å². The number of carbonyl (C=O) groups excluding carboxylic acids is 1. The summed E-state index contributed by atoms with van der Waals surface area (Å²) < 4.78 is 5.36. The smallest absolute Gasteiger partial charge is 0.259 e. The lowest BCUT2D eigenvalue weighted by molar-refractivity contribution is 0.102. The van der Waals surface area contributed by atoms with E-state index < -0.39 is 0 Å². The van der Waals surface area contributed by atoms with Gasteiger partial charge in [-0.1, -0.05) is 0 Å². The Hall–Kier alpha value is -1.62. The van der Waals surface area contributed by atoms with Gasteiger partial charge in [0.05, 0.1) is 23.5 Å². The van der Waals surface area contributed by atoms with Crippen molar-refractivity contribution < 1.29 is 9.21 Å². The highest BCUT2D eigenvalue weighted by atomic mass is 32.1. The van der Waals surface area contributed by atoms with Crippen molar-refractivity contribution in [2.45, 2.75) is 18.8 Å². The van der Waals surface area contributed by atoms with Gasteiger partial charge in [0.25, 0.3) is 5.91 Å². The Morgan fingerprint density at radius 1 is 1.56 bits per heavy atom. The van der Waals surface area contributed by atoms with Crippen molar-refractivity contribution >= 4 is 22.2 Å². The first kappa shape index (κ1) is 9.59. The fraction of sp³-hybridized carbons (Fsp3) is 0.273. The number of hydrogen-bond donors (Lipinski definition) is 1. The molecule has 0 aliphatic heterocycles. The third-order valence-electron chi connectivity index (χ3n) is 2.56. The van der Waals surface area contributed by atoms with Crippen molar-refractivity contribution in [2.24, 2.45) is 0 Å². The number of aromatic nitrogens is 1. The summed E-state index contributed by atoms with van der Waals surface area (Å²) in [7, 11) is 0. The largest absolute Gasteiger partial charge is 0.468 e. The van der Waals surface area contributed by atoms with E-state index in [0.717, 1.165) is 23.6 Å². The lowest BCUT2D eigenvalue weighted by atomic mass is 10.2. The molecule has 3 rings (SSSR count). The number of amides is 1. The summed E-state index contributed by atoms with van der Waals surface area (Å²) in [6, 6.07) is 1.73. The third-order valence-corrected chi connectivity index (χ3v) is 3.25. The van der Waals surface area contributed by atoms with Gasteiger partial charge in [-0.25, -0.2) is 0 Å². The van der Waals surface area contributed by atoms with Crippen LogP contribution in [-0.4, -0.2) is 10.9 Å². The maximum absolute atomic E-state index is 11.9. The van der Waals surface area contributed by atoms with E-state index in [0.29, 0.717) is 11.5 Å². The van der Waals surface area contributed by atoms with E-state index in [1.54, 1.807) is 24.0 Å². The summed E-state index contributed by atoms with van der Waals surface area (Å²) in [4.78, 5) is 15.8. The highest BCUT2D eigenvalue weighted by Crippen LogP contribution is 2.42. The molecule has 1 fully saturated rings. The molecule has 16 heavy (non-hydrogen) atoms. The fourth-order valence-electron chi connectivity index (χ4n) is 1.63. The van der Waals surface area contributed by atoms with Crippen LogP contribution in [-0.2, 0) is 0 Å². The predicted molar refractivity (Wildman–Crippen MR) is 60.8 cm³/mol. The number of hydrogen-bond acceptors (Lipinski definition) is 4. The number of thiazole rings is 1. The zero-order valence-electron chi connectivity index (χ0n) is 8.47. The zero-order valence-corrected chi connectivity index (χ0v) is 9.29. The van der Waals surface area contributed by atoms with Crippen LogP contribution < -0.4 is 5.32 Å². The van der Waals surface area contributed by atoms with E-state index in [1.807, 2.05) is 0 Å². The molecular formula is C11H10N2O2S. The molecule has 2 heterocycles. The van der Waals surface area contributed by atoms with Crippen LogP contribution in [0.4, 0.5) is 5.00 Å². The molecule has 0 bridgehead atoms. The van der Waals surface area contributed by atoms with Gasteiger partial charge in [0.15, 0.2) is 0 Å². The van der Waals surface area contributed by atoms with E-state index in [1.165, 1.54) is 11.3 Å². The van der Waals surface area contributed by atoms with Gasteiger partial charge >= 0.3 is 0 Å². The number of carbonyl (C=O) groups is 1. The fourth-order valence-corrected chi connectivity index (χ4v) is 2.14. The van der Waals surface area contributed by atoms with Crippen LogP contribution >= 0.6 is 11.3 Å². The zero-order chi connectivity index (χ0) is 11.0. The molecule has 0 radical (unpaired) electrons. The molecule has 1 amide bonds. The SMILES string of the molecule is O=C(Nc1cncs1)c1ccoc1C1CC1. The van der Waals surface area contributed by atoms with E-state index >= 15 is 0 Å². The lowest BCUT2D eigenvalue weighted by Crippen LogP contribution is -2.11. The molecule has 82 valence electrons. The van der Waals surface area contributed by atoms with Gasteiger partial charge in [0.2, 0.25) is 0 Å². The normalized spacial score (nSPS) is 15.0. The van der Waals surface area contributed by atoms with E-state index in [2.05, 4.69) is 10.3 Å². The Bertz CT molecular complexity index is 500. The highest BCUT2D eigenvalue weighted by molar-refractivity contribution is 7.14. The van der Waals surface area contributed by atoms with E-state index in [4.69, 9.17) is 4.42 Å². The van der Waals surface area contributed by atoms with Crippen LogP contribution in [0.2, 0.25) is 0 Å². The molecule has 0 spiro atoms. The Kier molecular flexibility index (Phi) is 2.25. The summed E-state index contributed by atoms with van der Waals surface area (Å²) in [5.41, 5.74) is 2.34. The minimum Gasteiger partial charge on any atom is -0.468 e. The van der Waals surface area contributed by atoms with Crippen molar-refractivity contribution in [1.29, 1.82) is 0 Å². The van der Waals surface area contributed by atoms with Crippen LogP contribution in [0.3, 0.4) is 0 Å². The Balaban J connectivity index is 1.80. The summed E-state index contributed by atoms with van der Waals surface area (Å²) in [5.74, 6) is 1.15. The first-order valence-corrected chi connectivity index (χ1v) is 6.00. The molecule has 0 aromatic carbocycles. The van der Waals surface area contributed by atoms with Gasteiger partial charge < -0.3 is 9.73 Å². The lowest BCUT2D eigenvalue weighted by Gasteiger charge is -2.01. The first-order chi connectivity index (χ1) is 7.84. The number of furan rings is 1. The molecule has 1 N–H and O–H groups in total. The number of nitrogens with zero attached hydrogens (tertiary/aromatic N) is 1. The van der Waals surface area contributed by atoms with Crippen molar-refractivity contribution in [2.75, 3.05) is 5.32 Å². The molecule has 0 unspecified atom stereocenters. The second kappa shape index (κ2) is 3.75. The molecule has 4 nitrogen and oxygen atoms in total. The molecule has 1 aliphatic carbocycles. The molecule has 2 aromatic rings. The van der Waals surface area contributed by atoms with Crippen molar-refractivity contribution in [1.82, 2.24) is 4.98 Å². The molecule has 5 heteroatoms. The summed E-state index contributed by atoms with van der Waals surface area (Å²) in [5, 5.41) is 3.56. The molecule has 2 aromatic heterocycles. The van der Waals surface area contributed by atoms with Crippen LogP contribution in [0.5, 0.6) is 0 Å². The topological polar surface area (TPSA) is 55.1 Å². The van der Waals surface area contributed by atoms with Crippen molar-refractivity contribution in [3.63, 3.8) is 0 Å². The maximum Gasteiger partial charge on any atom is 0.259 e. The summed E-state index contributed by atoms with van der Waals surface area (Å²) >= 11 is 1.40. The van der Waals surface area contributed by atoms with Crippen molar-refractivity contribution in [3.05, 3.63) is 35.4 Å². The molecule has 0 atom stereocenters. The predicted octanol–water partition coefficient (Wildman–Crippen LogP) is 2.87. The van der Waals surface area contributed by atoms with Gasteiger partial charge in [-0.05, 0) is 18.9 Å².